The Labute approximate surface area is 102 Å². The molecule has 0 saturated heterocycles. The lowest BCUT2D eigenvalue weighted by molar-refractivity contribution is -0.139. The number of amides is 1. The number of hydrogen-bond donors (Lipinski definition) is 1. The van der Waals surface area contributed by atoms with Crippen LogP contribution in [-0.4, -0.2) is 19.1 Å². The van der Waals surface area contributed by atoms with Crippen molar-refractivity contribution in [2.24, 2.45) is 5.92 Å². The fourth-order valence-corrected chi connectivity index (χ4v) is 1.15. The minimum Gasteiger partial charge on any atom is -0.367 e. The Bertz CT molecular complexity index is 325. The highest BCUT2D eigenvalue weighted by molar-refractivity contribution is 5.75. The summed E-state index contributed by atoms with van der Waals surface area (Å²) in [5.74, 6) is 0.127. The molecule has 4 heteroatoms. The number of hydrogen-bond acceptors (Lipinski definition) is 3. The molecule has 17 heavy (non-hydrogen) atoms. The van der Waals surface area contributed by atoms with E-state index < -0.39 is 0 Å². The Balaban J connectivity index is 2.08. The van der Waals surface area contributed by atoms with E-state index in [9.17, 15) is 4.79 Å². The molecule has 0 aliphatic rings. The molecule has 1 rings (SSSR count). The van der Waals surface area contributed by atoms with Gasteiger partial charge in [-0.3, -0.25) is 9.63 Å². The highest BCUT2D eigenvalue weighted by Gasteiger charge is 2.02. The molecule has 0 unspecified atom stereocenters. The number of benzene rings is 1. The van der Waals surface area contributed by atoms with Crippen LogP contribution in [0.2, 0.25) is 0 Å². The number of ether oxygens (including phenoxy) is 1. The molecule has 0 radical (unpaired) electrons. The summed E-state index contributed by atoms with van der Waals surface area (Å²) >= 11 is 0. The van der Waals surface area contributed by atoms with Gasteiger partial charge < -0.3 is 4.74 Å². The molecular formula is C13H19NO3. The quantitative estimate of drug-likeness (QED) is 0.737. The smallest absolute Gasteiger partial charge is 0.269 e. The molecule has 1 aromatic carbocycles. The number of carbonyl (C=O) groups excluding carboxylic acids is 1. The van der Waals surface area contributed by atoms with Crippen LogP contribution in [0.1, 0.15) is 19.4 Å². The minimum absolute atomic E-state index is 0.00693. The molecule has 1 amide bonds. The molecular weight excluding hydrogens is 218 g/mol. The van der Waals surface area contributed by atoms with E-state index in [0.29, 0.717) is 19.1 Å². The van der Waals surface area contributed by atoms with E-state index in [0.717, 1.165) is 5.56 Å². The van der Waals surface area contributed by atoms with Crippen molar-refractivity contribution in [3.8, 4) is 0 Å². The first-order valence-corrected chi connectivity index (χ1v) is 5.71. The first-order valence-electron chi connectivity index (χ1n) is 5.71. The van der Waals surface area contributed by atoms with Gasteiger partial charge in [-0.05, 0) is 11.5 Å². The molecule has 0 spiro atoms. The summed E-state index contributed by atoms with van der Waals surface area (Å²) in [6.45, 7) is 4.96. The van der Waals surface area contributed by atoms with Crippen LogP contribution in [0.3, 0.4) is 0 Å². The summed E-state index contributed by atoms with van der Waals surface area (Å²) < 4.78 is 5.25. The van der Waals surface area contributed by atoms with Crippen LogP contribution in [0.5, 0.6) is 0 Å². The van der Waals surface area contributed by atoms with E-state index in [1.165, 1.54) is 0 Å². The first-order chi connectivity index (χ1) is 8.18. The van der Waals surface area contributed by atoms with Gasteiger partial charge >= 0.3 is 0 Å². The highest BCUT2D eigenvalue weighted by atomic mass is 16.7. The topological polar surface area (TPSA) is 47.6 Å². The predicted octanol–water partition coefficient (Wildman–Crippen LogP) is 1.91. The van der Waals surface area contributed by atoms with Gasteiger partial charge in [-0.1, -0.05) is 44.2 Å². The fourth-order valence-electron chi connectivity index (χ4n) is 1.15. The predicted molar refractivity (Wildman–Crippen MR) is 65.0 cm³/mol. The Kier molecular flexibility index (Phi) is 6.29. The maximum absolute atomic E-state index is 11.3. The van der Waals surface area contributed by atoms with Crippen molar-refractivity contribution < 1.29 is 14.4 Å². The lowest BCUT2D eigenvalue weighted by Gasteiger charge is -2.08. The third-order valence-electron chi connectivity index (χ3n) is 1.95. The summed E-state index contributed by atoms with van der Waals surface area (Å²) in [6, 6.07) is 9.71. The Morgan fingerprint density at radius 3 is 2.65 bits per heavy atom. The average Bonchev–Trinajstić information content (AvgIpc) is 2.30. The van der Waals surface area contributed by atoms with E-state index in [4.69, 9.17) is 9.57 Å². The summed E-state index contributed by atoms with van der Waals surface area (Å²) in [4.78, 5) is 16.2. The molecule has 4 nitrogen and oxygen atoms in total. The van der Waals surface area contributed by atoms with Crippen LogP contribution in [0.25, 0.3) is 0 Å². The van der Waals surface area contributed by atoms with Gasteiger partial charge in [0.1, 0.15) is 6.61 Å². The molecule has 0 bridgehead atoms. The standard InChI is InChI=1S/C13H19NO3/c1-11(2)8-17-14-13(15)10-16-9-12-6-4-3-5-7-12/h3-7,11H,8-10H2,1-2H3,(H,14,15). The van der Waals surface area contributed by atoms with Crippen molar-refractivity contribution in [1.82, 2.24) is 5.48 Å². The van der Waals surface area contributed by atoms with Crippen LogP contribution in [-0.2, 0) is 21.0 Å². The van der Waals surface area contributed by atoms with Crippen molar-refractivity contribution in [2.75, 3.05) is 13.2 Å². The largest absolute Gasteiger partial charge is 0.367 e. The van der Waals surface area contributed by atoms with Gasteiger partial charge in [0.2, 0.25) is 0 Å². The van der Waals surface area contributed by atoms with E-state index in [-0.39, 0.29) is 12.5 Å². The zero-order valence-corrected chi connectivity index (χ0v) is 10.3. The fraction of sp³-hybridized carbons (Fsp3) is 0.462. The van der Waals surface area contributed by atoms with Crippen molar-refractivity contribution in [1.29, 1.82) is 0 Å². The van der Waals surface area contributed by atoms with E-state index in [1.807, 2.05) is 44.2 Å². The van der Waals surface area contributed by atoms with Crippen LogP contribution in [0.15, 0.2) is 30.3 Å². The van der Waals surface area contributed by atoms with Gasteiger partial charge in [0.15, 0.2) is 0 Å². The second kappa shape index (κ2) is 7.81. The van der Waals surface area contributed by atoms with Crippen LogP contribution in [0.4, 0.5) is 0 Å². The molecule has 1 aromatic rings. The summed E-state index contributed by atoms with van der Waals surface area (Å²) in [5, 5.41) is 0. The van der Waals surface area contributed by atoms with Crippen molar-refractivity contribution in [3.63, 3.8) is 0 Å². The molecule has 0 saturated carbocycles. The molecule has 0 aliphatic heterocycles. The molecule has 94 valence electrons. The van der Waals surface area contributed by atoms with Crippen LogP contribution in [0, 0.1) is 5.92 Å². The number of carbonyl (C=O) groups is 1. The van der Waals surface area contributed by atoms with Crippen molar-refractivity contribution >= 4 is 5.91 Å². The van der Waals surface area contributed by atoms with Gasteiger partial charge in [-0.25, -0.2) is 5.48 Å². The van der Waals surface area contributed by atoms with Crippen LogP contribution >= 0.6 is 0 Å². The number of hydroxylamine groups is 1. The number of nitrogens with one attached hydrogen (secondary N) is 1. The van der Waals surface area contributed by atoms with Gasteiger partial charge in [0.05, 0.1) is 13.2 Å². The second-order valence-electron chi connectivity index (χ2n) is 4.21. The molecule has 0 heterocycles. The average molecular weight is 237 g/mol. The highest BCUT2D eigenvalue weighted by Crippen LogP contribution is 1.99. The maximum atomic E-state index is 11.3. The summed E-state index contributed by atoms with van der Waals surface area (Å²) in [5.41, 5.74) is 3.38. The van der Waals surface area contributed by atoms with Gasteiger partial charge in [-0.2, -0.15) is 0 Å². The molecule has 1 N–H and O–H groups in total. The van der Waals surface area contributed by atoms with Crippen LogP contribution < -0.4 is 5.48 Å². The van der Waals surface area contributed by atoms with E-state index in [2.05, 4.69) is 5.48 Å². The summed E-state index contributed by atoms with van der Waals surface area (Å²) in [7, 11) is 0. The third-order valence-corrected chi connectivity index (χ3v) is 1.95. The Hall–Kier alpha value is -1.39. The van der Waals surface area contributed by atoms with Gasteiger partial charge in [0.25, 0.3) is 5.91 Å². The maximum Gasteiger partial charge on any atom is 0.269 e. The number of rotatable bonds is 7. The van der Waals surface area contributed by atoms with Gasteiger partial charge in [0, 0.05) is 0 Å². The SMILES string of the molecule is CC(C)CONC(=O)COCc1ccccc1. The van der Waals surface area contributed by atoms with E-state index in [1.54, 1.807) is 0 Å². The Morgan fingerprint density at radius 2 is 2.00 bits per heavy atom. The van der Waals surface area contributed by atoms with Crippen molar-refractivity contribution in [2.45, 2.75) is 20.5 Å². The zero-order chi connectivity index (χ0) is 12.5. The lowest BCUT2D eigenvalue weighted by atomic mass is 10.2. The third kappa shape index (κ3) is 6.71. The minimum atomic E-state index is -0.262. The second-order valence-corrected chi connectivity index (χ2v) is 4.21. The monoisotopic (exact) mass is 237 g/mol. The van der Waals surface area contributed by atoms with E-state index >= 15 is 0 Å². The zero-order valence-electron chi connectivity index (χ0n) is 10.3. The van der Waals surface area contributed by atoms with Gasteiger partial charge in [-0.15, -0.1) is 0 Å². The van der Waals surface area contributed by atoms with Crippen molar-refractivity contribution in [3.05, 3.63) is 35.9 Å². The normalized spacial score (nSPS) is 10.5. The molecule has 0 fully saturated rings. The Morgan fingerprint density at radius 1 is 1.29 bits per heavy atom. The summed E-state index contributed by atoms with van der Waals surface area (Å²) in [6.07, 6.45) is 0. The molecule has 0 atom stereocenters. The first kappa shape index (κ1) is 13.7. The molecule has 0 aliphatic carbocycles. The molecule has 0 aromatic heterocycles. The lowest BCUT2D eigenvalue weighted by Crippen LogP contribution is -2.29.